The summed E-state index contributed by atoms with van der Waals surface area (Å²) in [6.07, 6.45) is 4.39. The molecule has 8 nitrogen and oxygen atoms in total. The Morgan fingerprint density at radius 3 is 2.88 bits per heavy atom. The van der Waals surface area contributed by atoms with Crippen LogP contribution in [0.5, 0.6) is 5.75 Å². The number of hydrogen-bond donors (Lipinski definition) is 1. The van der Waals surface area contributed by atoms with Gasteiger partial charge in [-0.15, -0.1) is 0 Å². The molecule has 0 bridgehead atoms. The van der Waals surface area contributed by atoms with Gasteiger partial charge in [-0.3, -0.25) is 4.79 Å². The molecule has 172 valence electrons. The number of carbonyl (C=O) groups excluding carboxylic acids is 1. The molecule has 2 heterocycles. The van der Waals surface area contributed by atoms with Crippen LogP contribution in [0.4, 0.5) is 0 Å². The molecule has 1 amide bonds. The van der Waals surface area contributed by atoms with E-state index >= 15 is 0 Å². The zero-order chi connectivity index (χ0) is 22.7. The maximum atomic E-state index is 13.0. The molecule has 1 N–H and O–H groups in total. The van der Waals surface area contributed by atoms with Crippen LogP contribution in [0.15, 0.2) is 28.7 Å². The second-order valence-electron chi connectivity index (χ2n) is 8.58. The van der Waals surface area contributed by atoms with Crippen molar-refractivity contribution in [1.82, 2.24) is 9.88 Å². The highest BCUT2D eigenvalue weighted by Gasteiger charge is 2.38. The third-order valence-electron chi connectivity index (χ3n) is 6.46. The predicted octanol–water partition coefficient (Wildman–Crippen LogP) is 3.81. The minimum Gasteiger partial charge on any atom is -0.497 e. The normalized spacial score (nSPS) is 23.3. The highest BCUT2D eigenvalue weighted by molar-refractivity contribution is 5.85. The van der Waals surface area contributed by atoms with Crippen LogP contribution in [0, 0.1) is 12.8 Å². The van der Waals surface area contributed by atoms with Crippen LogP contribution in [0.2, 0.25) is 0 Å². The number of oxazole rings is 1. The Balaban J connectivity index is 1.36. The summed E-state index contributed by atoms with van der Waals surface area (Å²) in [5, 5.41) is 9.39. The number of aromatic nitrogens is 1. The zero-order valence-corrected chi connectivity index (χ0v) is 18.6. The van der Waals surface area contributed by atoms with Crippen LogP contribution in [0.25, 0.3) is 11.5 Å². The number of hydrogen-bond acceptors (Lipinski definition) is 6. The van der Waals surface area contributed by atoms with Crippen molar-refractivity contribution < 1.29 is 28.6 Å². The molecule has 1 saturated carbocycles. The largest absolute Gasteiger partial charge is 0.497 e. The molecule has 2 fully saturated rings. The molecule has 2 aromatic rings. The molecule has 0 radical (unpaired) electrons. The van der Waals surface area contributed by atoms with Gasteiger partial charge in [0.2, 0.25) is 11.8 Å². The lowest BCUT2D eigenvalue weighted by atomic mass is 9.86. The highest BCUT2D eigenvalue weighted by atomic mass is 16.5. The molecule has 1 aliphatic carbocycles. The zero-order valence-electron chi connectivity index (χ0n) is 18.6. The monoisotopic (exact) mass is 442 g/mol. The number of methoxy groups -OCH3 is 1. The maximum absolute atomic E-state index is 13.0. The molecule has 3 atom stereocenters. The molecular weight excluding hydrogens is 412 g/mol. The standard InChI is InChI=1S/C24H30N2O6/c1-15-20(25-22(32-15)16-6-3-8-18(12-16)30-2)14-31-19-9-4-7-17(13-19)23(27)26-11-5-10-21(26)24(28)29/h3,6,8,12,17,19,21H,4-5,7,9-11,13-14H2,1-2H3,(H,28,29)/t17?,19?,21-/m0/s1. The minimum atomic E-state index is -0.909. The van der Waals surface area contributed by atoms with E-state index in [-0.39, 0.29) is 17.9 Å². The van der Waals surface area contributed by atoms with Crippen LogP contribution in [-0.2, 0) is 20.9 Å². The Morgan fingerprint density at radius 1 is 1.25 bits per heavy atom. The maximum Gasteiger partial charge on any atom is 0.326 e. The van der Waals surface area contributed by atoms with Crippen LogP contribution in [-0.4, -0.2) is 52.7 Å². The number of aryl methyl sites for hydroxylation is 1. The molecule has 32 heavy (non-hydrogen) atoms. The summed E-state index contributed by atoms with van der Waals surface area (Å²) in [7, 11) is 1.62. The summed E-state index contributed by atoms with van der Waals surface area (Å²) >= 11 is 0. The molecule has 0 spiro atoms. The van der Waals surface area contributed by atoms with E-state index in [1.54, 1.807) is 12.0 Å². The summed E-state index contributed by atoms with van der Waals surface area (Å²) in [5.41, 5.74) is 1.57. The molecule has 1 aromatic carbocycles. The molecule has 4 rings (SSSR count). The van der Waals surface area contributed by atoms with Gasteiger partial charge in [0.25, 0.3) is 0 Å². The average molecular weight is 443 g/mol. The summed E-state index contributed by atoms with van der Waals surface area (Å²) < 4.78 is 17.2. The number of likely N-dealkylation sites (tertiary alicyclic amines) is 1. The summed E-state index contributed by atoms with van der Waals surface area (Å²) in [6, 6.07) is 6.86. The van der Waals surface area contributed by atoms with Gasteiger partial charge in [0.15, 0.2) is 0 Å². The van der Waals surface area contributed by atoms with Crippen molar-refractivity contribution >= 4 is 11.9 Å². The fourth-order valence-corrected chi connectivity index (χ4v) is 4.68. The van der Waals surface area contributed by atoms with Crippen LogP contribution in [0.1, 0.15) is 50.0 Å². The van der Waals surface area contributed by atoms with E-state index in [2.05, 4.69) is 4.98 Å². The van der Waals surface area contributed by atoms with Gasteiger partial charge in [0, 0.05) is 18.0 Å². The summed E-state index contributed by atoms with van der Waals surface area (Å²) in [6.45, 7) is 2.71. The van der Waals surface area contributed by atoms with E-state index in [0.717, 1.165) is 42.7 Å². The molecule has 8 heteroatoms. The number of carbonyl (C=O) groups is 2. The van der Waals surface area contributed by atoms with E-state index in [1.165, 1.54) is 0 Å². The molecule has 1 saturated heterocycles. The minimum absolute atomic E-state index is 0.0406. The first-order chi connectivity index (χ1) is 15.5. The third kappa shape index (κ3) is 4.80. The van der Waals surface area contributed by atoms with Crippen molar-refractivity contribution in [1.29, 1.82) is 0 Å². The lowest BCUT2D eigenvalue weighted by molar-refractivity contribution is -0.151. The van der Waals surface area contributed by atoms with Gasteiger partial charge in [0.05, 0.1) is 19.8 Å². The van der Waals surface area contributed by atoms with E-state index in [9.17, 15) is 14.7 Å². The molecule has 2 unspecified atom stereocenters. The number of carboxylic acid groups (broad SMARTS) is 1. The van der Waals surface area contributed by atoms with Gasteiger partial charge in [-0.1, -0.05) is 12.5 Å². The Hall–Kier alpha value is -2.87. The average Bonchev–Trinajstić information content (AvgIpc) is 3.44. The van der Waals surface area contributed by atoms with Gasteiger partial charge in [-0.25, -0.2) is 9.78 Å². The predicted molar refractivity (Wildman–Crippen MR) is 116 cm³/mol. The SMILES string of the molecule is COc1cccc(-c2nc(COC3CCCC(C(=O)N4CCC[C@H]4C(=O)O)C3)c(C)o2)c1. The fourth-order valence-electron chi connectivity index (χ4n) is 4.68. The van der Waals surface area contributed by atoms with Crippen molar-refractivity contribution in [2.24, 2.45) is 5.92 Å². The first-order valence-electron chi connectivity index (χ1n) is 11.2. The Bertz CT molecular complexity index is 971. The van der Waals surface area contributed by atoms with E-state index in [1.807, 2.05) is 31.2 Å². The van der Waals surface area contributed by atoms with Gasteiger partial charge < -0.3 is 23.9 Å². The fraction of sp³-hybridized carbons (Fsp3) is 0.542. The number of ether oxygens (including phenoxy) is 2. The van der Waals surface area contributed by atoms with Crippen LogP contribution in [0.3, 0.4) is 0 Å². The molecule has 1 aliphatic heterocycles. The third-order valence-corrected chi connectivity index (χ3v) is 6.46. The molecule has 2 aliphatic rings. The highest BCUT2D eigenvalue weighted by Crippen LogP contribution is 2.32. The Labute approximate surface area is 187 Å². The lowest BCUT2D eigenvalue weighted by Crippen LogP contribution is -2.45. The van der Waals surface area contributed by atoms with E-state index < -0.39 is 12.0 Å². The number of amides is 1. The smallest absolute Gasteiger partial charge is 0.326 e. The number of nitrogens with zero attached hydrogens (tertiary/aromatic N) is 2. The Kier molecular flexibility index (Phi) is 6.79. The van der Waals surface area contributed by atoms with Crippen LogP contribution >= 0.6 is 0 Å². The van der Waals surface area contributed by atoms with Crippen molar-refractivity contribution in [3.05, 3.63) is 35.7 Å². The van der Waals surface area contributed by atoms with Crippen LogP contribution < -0.4 is 4.74 Å². The second kappa shape index (κ2) is 9.73. The second-order valence-corrected chi connectivity index (χ2v) is 8.58. The van der Waals surface area contributed by atoms with Crippen molar-refractivity contribution in [3.8, 4) is 17.2 Å². The number of rotatable bonds is 7. The van der Waals surface area contributed by atoms with Gasteiger partial charge >= 0.3 is 5.97 Å². The number of aliphatic carboxylic acids is 1. The van der Waals surface area contributed by atoms with E-state index in [0.29, 0.717) is 37.6 Å². The van der Waals surface area contributed by atoms with Crippen molar-refractivity contribution in [2.75, 3.05) is 13.7 Å². The van der Waals surface area contributed by atoms with Gasteiger partial charge in [0.1, 0.15) is 23.2 Å². The summed E-state index contributed by atoms with van der Waals surface area (Å²) in [4.78, 5) is 30.6. The topological polar surface area (TPSA) is 102 Å². The quantitative estimate of drug-likeness (QED) is 0.696. The molecule has 1 aromatic heterocycles. The van der Waals surface area contributed by atoms with Crippen molar-refractivity contribution in [2.45, 2.75) is 64.2 Å². The number of benzene rings is 1. The first-order valence-corrected chi connectivity index (χ1v) is 11.2. The Morgan fingerprint density at radius 2 is 2.09 bits per heavy atom. The molecular formula is C24H30N2O6. The van der Waals surface area contributed by atoms with E-state index in [4.69, 9.17) is 13.9 Å². The van der Waals surface area contributed by atoms with Crippen molar-refractivity contribution in [3.63, 3.8) is 0 Å². The first kappa shape index (κ1) is 22.3. The lowest BCUT2D eigenvalue weighted by Gasteiger charge is -2.32. The number of carboxylic acids is 1. The van der Waals surface area contributed by atoms with Gasteiger partial charge in [-0.2, -0.15) is 0 Å². The summed E-state index contributed by atoms with van der Waals surface area (Å²) in [5.74, 6) is 0.823. The van der Waals surface area contributed by atoms with Gasteiger partial charge in [-0.05, 0) is 57.2 Å².